The van der Waals surface area contributed by atoms with Crippen molar-refractivity contribution in [3.05, 3.63) is 39.4 Å². The van der Waals surface area contributed by atoms with Crippen LogP contribution in [0.3, 0.4) is 0 Å². The number of rotatable bonds is 0. The van der Waals surface area contributed by atoms with Crippen LogP contribution in [0.2, 0.25) is 5.02 Å². The molecule has 0 fully saturated rings. The second-order valence-corrected chi connectivity index (χ2v) is 3.24. The largest absolute Gasteiger partial charge is 0.503 e. The fourth-order valence-electron chi connectivity index (χ4n) is 1.19. The third-order valence-corrected chi connectivity index (χ3v) is 2.16. The number of benzene rings is 1. The Morgan fingerprint density at radius 3 is 2.79 bits per heavy atom. The Kier molecular flexibility index (Phi) is 1.93. The maximum absolute atomic E-state index is 13.0. The molecule has 0 aliphatic heterocycles. The van der Waals surface area contributed by atoms with Gasteiger partial charge < -0.3 is 10.1 Å². The number of hydrogen-bond acceptors (Lipinski definition) is 2. The Labute approximate surface area is 82.8 Å². The minimum absolute atomic E-state index is 0.0705. The number of halogens is 2. The van der Waals surface area contributed by atoms with E-state index in [9.17, 15) is 9.18 Å². The SMILES string of the molecule is O=c1[nH]c2cc(Cl)c(F)cc2cc1O. The van der Waals surface area contributed by atoms with E-state index in [0.29, 0.717) is 10.9 Å². The zero-order valence-corrected chi connectivity index (χ0v) is 7.60. The van der Waals surface area contributed by atoms with Crippen LogP contribution >= 0.6 is 11.6 Å². The second kappa shape index (κ2) is 2.99. The molecule has 1 aromatic heterocycles. The van der Waals surface area contributed by atoms with E-state index in [2.05, 4.69) is 4.98 Å². The number of pyridine rings is 1. The van der Waals surface area contributed by atoms with Crippen LogP contribution in [0.1, 0.15) is 0 Å². The molecule has 0 radical (unpaired) electrons. The van der Waals surface area contributed by atoms with Gasteiger partial charge in [0.25, 0.3) is 5.56 Å². The summed E-state index contributed by atoms with van der Waals surface area (Å²) in [5.41, 5.74) is -0.237. The molecule has 2 aromatic rings. The van der Waals surface area contributed by atoms with Gasteiger partial charge in [0, 0.05) is 5.39 Å². The molecule has 0 bridgehead atoms. The van der Waals surface area contributed by atoms with E-state index in [4.69, 9.17) is 16.7 Å². The molecular weight excluding hydrogens is 209 g/mol. The van der Waals surface area contributed by atoms with E-state index in [0.717, 1.165) is 6.07 Å². The lowest BCUT2D eigenvalue weighted by Crippen LogP contribution is -2.04. The number of aromatic nitrogens is 1. The topological polar surface area (TPSA) is 53.1 Å². The van der Waals surface area contributed by atoms with Crippen molar-refractivity contribution in [2.24, 2.45) is 0 Å². The van der Waals surface area contributed by atoms with Crippen LogP contribution in [0, 0.1) is 5.82 Å². The summed E-state index contributed by atoms with van der Waals surface area (Å²) < 4.78 is 13.0. The smallest absolute Gasteiger partial charge is 0.290 e. The summed E-state index contributed by atoms with van der Waals surface area (Å²) in [6.07, 6.45) is 0. The van der Waals surface area contributed by atoms with Gasteiger partial charge in [0.2, 0.25) is 0 Å². The molecule has 0 atom stereocenters. The molecule has 0 aliphatic carbocycles. The maximum atomic E-state index is 13.0. The number of fused-ring (bicyclic) bond motifs is 1. The standard InChI is InChI=1S/C9H5ClFNO2/c10-5-3-7-4(1-6(5)11)2-8(13)9(14)12-7/h1-3,13H,(H,12,14). The normalized spacial score (nSPS) is 10.7. The van der Waals surface area contributed by atoms with Crippen molar-refractivity contribution in [3.8, 4) is 5.75 Å². The van der Waals surface area contributed by atoms with Gasteiger partial charge in [-0.15, -0.1) is 0 Å². The van der Waals surface area contributed by atoms with Crippen molar-refractivity contribution < 1.29 is 9.50 Å². The molecule has 0 unspecified atom stereocenters. The van der Waals surface area contributed by atoms with Crippen LogP contribution in [0.25, 0.3) is 10.9 Å². The predicted octanol–water partition coefficient (Wildman–Crippen LogP) is 2.03. The van der Waals surface area contributed by atoms with Gasteiger partial charge in [-0.25, -0.2) is 4.39 Å². The summed E-state index contributed by atoms with van der Waals surface area (Å²) in [7, 11) is 0. The van der Waals surface area contributed by atoms with Gasteiger partial charge in [-0.05, 0) is 18.2 Å². The lowest BCUT2D eigenvalue weighted by Gasteiger charge is -2.00. The first-order chi connectivity index (χ1) is 6.58. The fourth-order valence-corrected chi connectivity index (χ4v) is 1.35. The van der Waals surface area contributed by atoms with Gasteiger partial charge in [0.05, 0.1) is 10.5 Å². The van der Waals surface area contributed by atoms with Gasteiger partial charge in [-0.3, -0.25) is 4.79 Å². The molecular formula is C9H5ClFNO2. The molecule has 72 valence electrons. The molecule has 0 aliphatic rings. The molecule has 2 N–H and O–H groups in total. The highest BCUT2D eigenvalue weighted by molar-refractivity contribution is 6.31. The highest BCUT2D eigenvalue weighted by Gasteiger charge is 2.05. The highest BCUT2D eigenvalue weighted by atomic mass is 35.5. The minimum atomic E-state index is -0.625. The lowest BCUT2D eigenvalue weighted by atomic mass is 10.2. The Morgan fingerprint density at radius 2 is 2.07 bits per heavy atom. The number of hydrogen-bond donors (Lipinski definition) is 2. The van der Waals surface area contributed by atoms with Crippen LogP contribution in [0.5, 0.6) is 5.75 Å². The first-order valence-electron chi connectivity index (χ1n) is 3.79. The average molecular weight is 214 g/mol. The molecule has 2 rings (SSSR count). The summed E-state index contributed by atoms with van der Waals surface area (Å²) >= 11 is 5.52. The molecule has 3 nitrogen and oxygen atoms in total. The number of nitrogens with one attached hydrogen (secondary N) is 1. The summed E-state index contributed by atoms with van der Waals surface area (Å²) in [5.74, 6) is -1.04. The lowest BCUT2D eigenvalue weighted by molar-refractivity contribution is 0.468. The zero-order valence-electron chi connectivity index (χ0n) is 6.84. The van der Waals surface area contributed by atoms with E-state index >= 15 is 0 Å². The molecule has 1 aromatic carbocycles. The van der Waals surface area contributed by atoms with Crippen LogP contribution < -0.4 is 5.56 Å². The van der Waals surface area contributed by atoms with Gasteiger partial charge in [-0.1, -0.05) is 11.6 Å². The van der Waals surface area contributed by atoms with E-state index in [1.807, 2.05) is 0 Å². The van der Waals surface area contributed by atoms with E-state index in [1.165, 1.54) is 12.1 Å². The number of aromatic amines is 1. The summed E-state index contributed by atoms with van der Waals surface area (Å²) in [4.78, 5) is 13.4. The summed E-state index contributed by atoms with van der Waals surface area (Å²) in [5, 5.41) is 9.40. The predicted molar refractivity (Wildman–Crippen MR) is 51.2 cm³/mol. The zero-order chi connectivity index (χ0) is 10.3. The molecule has 1 heterocycles. The van der Waals surface area contributed by atoms with E-state index in [1.54, 1.807) is 0 Å². The Balaban J connectivity index is 2.90. The van der Waals surface area contributed by atoms with Crippen molar-refractivity contribution in [2.75, 3.05) is 0 Å². The minimum Gasteiger partial charge on any atom is -0.503 e. The third-order valence-electron chi connectivity index (χ3n) is 1.87. The molecule has 5 heteroatoms. The van der Waals surface area contributed by atoms with Crippen LogP contribution in [0.4, 0.5) is 4.39 Å². The number of H-pyrrole nitrogens is 1. The first-order valence-corrected chi connectivity index (χ1v) is 4.17. The molecule has 14 heavy (non-hydrogen) atoms. The van der Waals surface area contributed by atoms with Gasteiger partial charge in [0.1, 0.15) is 5.82 Å². The highest BCUT2D eigenvalue weighted by Crippen LogP contribution is 2.21. The van der Waals surface area contributed by atoms with Crippen molar-refractivity contribution >= 4 is 22.5 Å². The molecule has 0 amide bonds. The van der Waals surface area contributed by atoms with Crippen molar-refractivity contribution in [1.29, 1.82) is 0 Å². The van der Waals surface area contributed by atoms with Gasteiger partial charge >= 0.3 is 0 Å². The van der Waals surface area contributed by atoms with Gasteiger partial charge in [-0.2, -0.15) is 0 Å². The Bertz CT molecular complexity index is 564. The Hall–Kier alpha value is -1.55. The monoisotopic (exact) mass is 213 g/mol. The average Bonchev–Trinajstić information content (AvgIpc) is 2.11. The van der Waals surface area contributed by atoms with Crippen LogP contribution in [-0.2, 0) is 0 Å². The van der Waals surface area contributed by atoms with E-state index < -0.39 is 17.1 Å². The third kappa shape index (κ3) is 1.33. The van der Waals surface area contributed by atoms with Crippen molar-refractivity contribution in [3.63, 3.8) is 0 Å². The Morgan fingerprint density at radius 1 is 1.36 bits per heavy atom. The van der Waals surface area contributed by atoms with Crippen LogP contribution in [0.15, 0.2) is 23.0 Å². The van der Waals surface area contributed by atoms with Crippen LogP contribution in [-0.4, -0.2) is 10.1 Å². The first kappa shape index (κ1) is 9.02. The van der Waals surface area contributed by atoms with Crippen molar-refractivity contribution in [2.45, 2.75) is 0 Å². The summed E-state index contributed by atoms with van der Waals surface area (Å²) in [6.45, 7) is 0. The molecule has 0 spiro atoms. The van der Waals surface area contributed by atoms with E-state index in [-0.39, 0.29) is 5.02 Å². The van der Waals surface area contributed by atoms with Gasteiger partial charge in [0.15, 0.2) is 5.75 Å². The second-order valence-electron chi connectivity index (χ2n) is 2.84. The maximum Gasteiger partial charge on any atom is 0.290 e. The van der Waals surface area contributed by atoms with Crippen molar-refractivity contribution in [1.82, 2.24) is 4.98 Å². The quantitative estimate of drug-likeness (QED) is 0.704. The fraction of sp³-hybridized carbons (Fsp3) is 0. The molecule has 0 saturated heterocycles. The number of aromatic hydroxyl groups is 1. The summed E-state index contributed by atoms with van der Waals surface area (Å²) in [6, 6.07) is 3.63. The molecule has 0 saturated carbocycles.